The third-order valence-electron chi connectivity index (χ3n) is 7.84. The van der Waals surface area contributed by atoms with Crippen molar-refractivity contribution < 1.29 is 23.9 Å². The van der Waals surface area contributed by atoms with Gasteiger partial charge in [-0.1, -0.05) is 99.5 Å². The minimum Gasteiger partial charge on any atom is -0.460 e. The van der Waals surface area contributed by atoms with E-state index in [-0.39, 0.29) is 31.1 Å². The van der Waals surface area contributed by atoms with Crippen molar-refractivity contribution in [3.63, 3.8) is 0 Å². The van der Waals surface area contributed by atoms with E-state index in [0.29, 0.717) is 0 Å². The molecule has 4 rings (SSSR count). The van der Waals surface area contributed by atoms with Crippen molar-refractivity contribution in [1.82, 2.24) is 16.0 Å². The lowest BCUT2D eigenvalue weighted by molar-refractivity contribution is -0.157. The number of carbonyl (C=O) groups is 4. The Labute approximate surface area is 247 Å². The molecule has 1 saturated heterocycles. The van der Waals surface area contributed by atoms with Crippen molar-refractivity contribution in [1.29, 1.82) is 0 Å². The zero-order valence-electron chi connectivity index (χ0n) is 24.6. The van der Waals surface area contributed by atoms with E-state index in [1.807, 2.05) is 79.7 Å². The number of carbonyl (C=O) groups excluding carboxylic acids is 4. The molecule has 5 atom stereocenters. The topological polar surface area (TPSA) is 114 Å². The Morgan fingerprint density at radius 2 is 1.48 bits per heavy atom. The van der Waals surface area contributed by atoms with E-state index in [2.05, 4.69) is 22.9 Å². The van der Waals surface area contributed by atoms with Crippen LogP contribution in [0.2, 0.25) is 0 Å². The maximum Gasteiger partial charge on any atom is 0.329 e. The van der Waals surface area contributed by atoms with Gasteiger partial charge < -0.3 is 20.7 Å². The normalized spacial score (nSPS) is 22.9. The smallest absolute Gasteiger partial charge is 0.329 e. The molecule has 3 aromatic rings. The molecule has 8 heteroatoms. The van der Waals surface area contributed by atoms with E-state index in [1.165, 1.54) is 0 Å². The highest BCUT2D eigenvalue weighted by molar-refractivity contribution is 5.94. The molecule has 42 heavy (non-hydrogen) atoms. The quantitative estimate of drug-likeness (QED) is 0.350. The summed E-state index contributed by atoms with van der Waals surface area (Å²) >= 11 is 0. The molecule has 3 amide bonds. The maximum absolute atomic E-state index is 13.5. The first-order valence-corrected chi connectivity index (χ1v) is 14.9. The molecular formula is C34H41N3O5. The van der Waals surface area contributed by atoms with Crippen molar-refractivity contribution >= 4 is 34.5 Å². The van der Waals surface area contributed by atoms with Crippen molar-refractivity contribution in [3.05, 3.63) is 83.9 Å². The number of rotatable bonds is 8. The van der Waals surface area contributed by atoms with Crippen LogP contribution in [0.15, 0.2) is 72.8 Å². The average molecular weight is 572 g/mol. The highest BCUT2D eigenvalue weighted by Crippen LogP contribution is 2.21. The summed E-state index contributed by atoms with van der Waals surface area (Å²) < 4.78 is 5.97. The van der Waals surface area contributed by atoms with E-state index in [4.69, 9.17) is 4.74 Å². The van der Waals surface area contributed by atoms with Crippen LogP contribution in [-0.2, 0) is 36.8 Å². The second-order valence-corrected chi connectivity index (χ2v) is 11.3. The van der Waals surface area contributed by atoms with E-state index in [9.17, 15) is 19.2 Å². The summed E-state index contributed by atoms with van der Waals surface area (Å²) in [6.45, 7) is 5.60. The fraction of sp³-hybridized carbons (Fsp3) is 0.412. The fourth-order valence-electron chi connectivity index (χ4n) is 5.27. The van der Waals surface area contributed by atoms with Gasteiger partial charge in [0, 0.05) is 12.8 Å². The highest BCUT2D eigenvalue weighted by atomic mass is 16.5. The summed E-state index contributed by atoms with van der Waals surface area (Å²) in [5.74, 6) is -2.06. The first kappa shape index (κ1) is 30.8. The van der Waals surface area contributed by atoms with Gasteiger partial charge in [0.2, 0.25) is 17.7 Å². The Bertz CT molecular complexity index is 1390. The molecular weight excluding hydrogens is 530 g/mol. The van der Waals surface area contributed by atoms with E-state index in [1.54, 1.807) is 6.92 Å². The molecule has 0 unspecified atom stereocenters. The van der Waals surface area contributed by atoms with Crippen molar-refractivity contribution in [2.24, 2.45) is 5.92 Å². The van der Waals surface area contributed by atoms with Crippen LogP contribution in [0, 0.1) is 5.92 Å². The molecule has 0 spiro atoms. The van der Waals surface area contributed by atoms with Crippen molar-refractivity contribution in [2.75, 3.05) is 0 Å². The average Bonchev–Trinajstić information content (AvgIpc) is 2.99. The second kappa shape index (κ2) is 14.6. The summed E-state index contributed by atoms with van der Waals surface area (Å²) in [4.78, 5) is 53.6. The number of nitrogens with one attached hydrogen (secondary N) is 3. The Morgan fingerprint density at radius 1 is 0.786 bits per heavy atom. The monoisotopic (exact) mass is 571 g/mol. The minimum absolute atomic E-state index is 0.0837. The molecule has 3 aromatic carbocycles. The summed E-state index contributed by atoms with van der Waals surface area (Å²) in [6.07, 6.45) is 2.33. The largest absolute Gasteiger partial charge is 0.460 e. The lowest BCUT2D eigenvalue weighted by Gasteiger charge is -2.27. The van der Waals surface area contributed by atoms with Crippen LogP contribution in [0.25, 0.3) is 10.8 Å². The number of esters is 1. The van der Waals surface area contributed by atoms with Gasteiger partial charge in [-0.05, 0) is 41.2 Å². The molecule has 1 fully saturated rings. The number of unbranched alkanes of at least 4 members (excludes halogenated alkanes) is 1. The number of cyclic esters (lactones) is 1. The molecule has 0 saturated carbocycles. The molecule has 1 aliphatic heterocycles. The Hall–Kier alpha value is -4.20. The van der Waals surface area contributed by atoms with Crippen LogP contribution in [0.3, 0.4) is 0 Å². The number of amides is 3. The number of hydrogen-bond acceptors (Lipinski definition) is 5. The summed E-state index contributed by atoms with van der Waals surface area (Å²) in [7, 11) is 0. The molecule has 0 bridgehead atoms. The molecule has 3 N–H and O–H groups in total. The summed E-state index contributed by atoms with van der Waals surface area (Å²) in [5, 5.41) is 10.5. The predicted molar refractivity (Wildman–Crippen MR) is 162 cm³/mol. The van der Waals surface area contributed by atoms with E-state index < -0.39 is 42.0 Å². The minimum atomic E-state index is -0.975. The number of fused-ring (bicyclic) bond motifs is 1. The SMILES string of the molecule is CCCC[C@H](C)[C@@H]1CC(=O)N[C@H](Cc2ccc3ccccc3c2)C(=O)N[C@@H](C)C(=O)N[C@H](Cc2ccccc2)C(=O)O1. The van der Waals surface area contributed by atoms with Gasteiger partial charge in [0.05, 0.1) is 6.42 Å². The standard InChI is InChI=1S/C34H41N3O5/c1-4-5-11-22(2)30-21-31(38)36-28(20-25-16-17-26-14-9-10-15-27(26)18-25)33(40)35-23(3)32(39)37-29(34(41)42-30)19-24-12-7-6-8-13-24/h6-10,12-18,22-23,28-30H,4-5,11,19-21H2,1-3H3,(H,35,40)(H,36,38)(H,37,39)/t22-,23-,28+,29+,30-/m0/s1. The van der Waals surface area contributed by atoms with Crippen LogP contribution >= 0.6 is 0 Å². The number of ether oxygens (including phenoxy) is 1. The van der Waals surface area contributed by atoms with Crippen LogP contribution in [-0.4, -0.2) is 47.9 Å². The second-order valence-electron chi connectivity index (χ2n) is 11.3. The predicted octanol–water partition coefficient (Wildman–Crippen LogP) is 4.24. The maximum atomic E-state index is 13.5. The molecule has 8 nitrogen and oxygen atoms in total. The van der Waals surface area contributed by atoms with Crippen LogP contribution in [0.5, 0.6) is 0 Å². The fourth-order valence-corrected chi connectivity index (χ4v) is 5.27. The van der Waals surface area contributed by atoms with Gasteiger partial charge in [0.1, 0.15) is 24.2 Å². The van der Waals surface area contributed by atoms with Crippen LogP contribution in [0.1, 0.15) is 57.6 Å². The van der Waals surface area contributed by atoms with Gasteiger partial charge in [0.25, 0.3) is 0 Å². The van der Waals surface area contributed by atoms with E-state index >= 15 is 0 Å². The van der Waals surface area contributed by atoms with Gasteiger partial charge in [-0.15, -0.1) is 0 Å². The van der Waals surface area contributed by atoms with Gasteiger partial charge in [0.15, 0.2) is 0 Å². The molecule has 0 aromatic heterocycles. The van der Waals surface area contributed by atoms with Gasteiger partial charge in [-0.25, -0.2) is 4.79 Å². The van der Waals surface area contributed by atoms with Crippen molar-refractivity contribution in [3.8, 4) is 0 Å². The zero-order valence-corrected chi connectivity index (χ0v) is 24.6. The number of hydrogen-bond donors (Lipinski definition) is 3. The van der Waals surface area contributed by atoms with E-state index in [0.717, 1.165) is 41.2 Å². The third kappa shape index (κ3) is 8.41. The van der Waals surface area contributed by atoms with Gasteiger partial charge in [-0.3, -0.25) is 14.4 Å². The third-order valence-corrected chi connectivity index (χ3v) is 7.84. The van der Waals surface area contributed by atoms with Crippen molar-refractivity contribution in [2.45, 2.75) is 83.5 Å². The molecule has 0 radical (unpaired) electrons. The van der Waals surface area contributed by atoms with Gasteiger partial charge >= 0.3 is 5.97 Å². The first-order chi connectivity index (χ1) is 20.2. The number of benzene rings is 3. The summed E-state index contributed by atoms with van der Waals surface area (Å²) in [5.41, 5.74) is 1.72. The Balaban J connectivity index is 1.62. The Morgan fingerprint density at radius 3 is 2.21 bits per heavy atom. The highest BCUT2D eigenvalue weighted by Gasteiger charge is 2.33. The summed E-state index contributed by atoms with van der Waals surface area (Å²) in [6, 6.07) is 20.3. The molecule has 222 valence electrons. The lowest BCUT2D eigenvalue weighted by Crippen LogP contribution is -2.55. The zero-order chi connectivity index (χ0) is 30.1. The Kier molecular flexibility index (Phi) is 10.7. The molecule has 1 aliphatic rings. The lowest BCUT2D eigenvalue weighted by atomic mass is 9.95. The molecule has 0 aliphatic carbocycles. The van der Waals surface area contributed by atoms with Crippen LogP contribution in [0.4, 0.5) is 0 Å². The molecule has 1 heterocycles. The first-order valence-electron chi connectivity index (χ1n) is 14.9. The van der Waals surface area contributed by atoms with Crippen LogP contribution < -0.4 is 16.0 Å². The van der Waals surface area contributed by atoms with Gasteiger partial charge in [-0.2, -0.15) is 0 Å².